The van der Waals surface area contributed by atoms with Crippen molar-refractivity contribution in [2.24, 2.45) is 5.73 Å². The number of nitrogens with zero attached hydrogens (tertiary/aromatic N) is 1. The van der Waals surface area contributed by atoms with Crippen LogP contribution in [0, 0.1) is 0 Å². The Morgan fingerprint density at radius 1 is 1.41 bits per heavy atom. The number of methoxy groups -OCH3 is 1. The Labute approximate surface area is 101 Å². The lowest BCUT2D eigenvalue weighted by Gasteiger charge is -2.19. The van der Waals surface area contributed by atoms with Gasteiger partial charge in [0.2, 0.25) is 5.91 Å². The lowest BCUT2D eigenvalue weighted by Crippen LogP contribution is -2.44. The van der Waals surface area contributed by atoms with Gasteiger partial charge in [-0.2, -0.15) is 0 Å². The Balaban J connectivity index is 2.04. The summed E-state index contributed by atoms with van der Waals surface area (Å²) in [6, 6.07) is 7.74. The van der Waals surface area contributed by atoms with E-state index in [2.05, 4.69) is 0 Å². The molecule has 2 rings (SSSR count). The van der Waals surface area contributed by atoms with Crippen molar-refractivity contribution in [2.75, 3.05) is 13.7 Å². The number of ether oxygens (including phenoxy) is 1. The summed E-state index contributed by atoms with van der Waals surface area (Å²) in [6.45, 7) is 3.15. The molecule has 1 unspecified atom stereocenters. The average molecular weight is 234 g/mol. The Kier molecular flexibility index (Phi) is 3.07. The summed E-state index contributed by atoms with van der Waals surface area (Å²) in [5.74, 6) is 0.860. The molecule has 1 saturated heterocycles. The van der Waals surface area contributed by atoms with E-state index in [1.807, 2.05) is 29.2 Å². The van der Waals surface area contributed by atoms with Crippen molar-refractivity contribution in [3.05, 3.63) is 29.8 Å². The quantitative estimate of drug-likeness (QED) is 0.853. The summed E-state index contributed by atoms with van der Waals surface area (Å²) < 4.78 is 5.09. The van der Waals surface area contributed by atoms with Gasteiger partial charge >= 0.3 is 0 Å². The molecular formula is C13H18N2O2. The Morgan fingerprint density at radius 3 is 2.53 bits per heavy atom. The van der Waals surface area contributed by atoms with Crippen LogP contribution in [-0.4, -0.2) is 30.0 Å². The zero-order valence-electron chi connectivity index (χ0n) is 10.3. The smallest absolute Gasteiger partial charge is 0.242 e. The van der Waals surface area contributed by atoms with Crippen LogP contribution >= 0.6 is 0 Å². The van der Waals surface area contributed by atoms with Crippen LogP contribution in [-0.2, 0) is 11.3 Å². The fraction of sp³-hybridized carbons (Fsp3) is 0.462. The summed E-state index contributed by atoms with van der Waals surface area (Å²) >= 11 is 0. The molecule has 0 spiro atoms. The second-order valence-electron chi connectivity index (χ2n) is 4.74. The first kappa shape index (κ1) is 11.9. The molecule has 1 aromatic carbocycles. The van der Waals surface area contributed by atoms with E-state index < -0.39 is 5.54 Å². The third kappa shape index (κ3) is 2.42. The monoisotopic (exact) mass is 234 g/mol. The summed E-state index contributed by atoms with van der Waals surface area (Å²) in [4.78, 5) is 13.7. The summed E-state index contributed by atoms with van der Waals surface area (Å²) in [6.07, 6.45) is 0.724. The van der Waals surface area contributed by atoms with Crippen LogP contribution in [0.5, 0.6) is 5.75 Å². The number of carbonyl (C=O) groups is 1. The van der Waals surface area contributed by atoms with Gasteiger partial charge in [-0.05, 0) is 31.0 Å². The maximum absolute atomic E-state index is 11.9. The second-order valence-corrected chi connectivity index (χ2v) is 4.74. The van der Waals surface area contributed by atoms with Crippen LogP contribution in [0.2, 0.25) is 0 Å². The average Bonchev–Trinajstić information content (AvgIpc) is 2.57. The van der Waals surface area contributed by atoms with E-state index in [-0.39, 0.29) is 5.91 Å². The molecule has 1 heterocycles. The lowest BCUT2D eigenvalue weighted by molar-refractivity contribution is -0.132. The number of amides is 1. The largest absolute Gasteiger partial charge is 0.497 e. The van der Waals surface area contributed by atoms with E-state index in [9.17, 15) is 4.79 Å². The predicted octanol–water partition coefficient (Wildman–Crippen LogP) is 1.14. The van der Waals surface area contributed by atoms with Crippen molar-refractivity contribution in [3.63, 3.8) is 0 Å². The Hall–Kier alpha value is -1.55. The topological polar surface area (TPSA) is 55.6 Å². The third-order valence-electron chi connectivity index (χ3n) is 3.21. The molecule has 2 N–H and O–H groups in total. The van der Waals surface area contributed by atoms with E-state index in [0.717, 1.165) is 24.3 Å². The summed E-state index contributed by atoms with van der Waals surface area (Å²) in [7, 11) is 1.64. The fourth-order valence-corrected chi connectivity index (χ4v) is 2.04. The number of benzene rings is 1. The summed E-state index contributed by atoms with van der Waals surface area (Å²) in [5.41, 5.74) is 6.31. The molecule has 1 aromatic rings. The molecule has 1 aliphatic heterocycles. The minimum atomic E-state index is -0.688. The summed E-state index contributed by atoms with van der Waals surface area (Å²) in [5, 5.41) is 0. The molecule has 1 fully saturated rings. The molecule has 17 heavy (non-hydrogen) atoms. The van der Waals surface area contributed by atoms with Crippen LogP contribution < -0.4 is 10.5 Å². The van der Waals surface area contributed by atoms with Gasteiger partial charge in [-0.25, -0.2) is 0 Å². The fourth-order valence-electron chi connectivity index (χ4n) is 2.04. The predicted molar refractivity (Wildman–Crippen MR) is 65.6 cm³/mol. The van der Waals surface area contributed by atoms with Crippen molar-refractivity contribution < 1.29 is 9.53 Å². The molecule has 1 atom stereocenters. The second kappa shape index (κ2) is 4.37. The van der Waals surface area contributed by atoms with Gasteiger partial charge < -0.3 is 15.4 Å². The molecule has 0 aliphatic carbocycles. The molecule has 4 heteroatoms. The molecule has 92 valence electrons. The highest BCUT2D eigenvalue weighted by molar-refractivity contribution is 5.87. The highest BCUT2D eigenvalue weighted by atomic mass is 16.5. The molecule has 0 radical (unpaired) electrons. The minimum Gasteiger partial charge on any atom is -0.497 e. The number of hydrogen-bond acceptors (Lipinski definition) is 3. The number of carbonyl (C=O) groups excluding carboxylic acids is 1. The van der Waals surface area contributed by atoms with Crippen LogP contribution in [0.3, 0.4) is 0 Å². The van der Waals surface area contributed by atoms with Crippen molar-refractivity contribution in [3.8, 4) is 5.75 Å². The number of likely N-dealkylation sites (tertiary alicyclic amines) is 1. The normalized spacial score (nSPS) is 24.2. The molecule has 0 aromatic heterocycles. The number of nitrogens with two attached hydrogens (primary N) is 1. The molecule has 4 nitrogen and oxygen atoms in total. The van der Waals surface area contributed by atoms with E-state index in [1.54, 1.807) is 14.0 Å². The molecular weight excluding hydrogens is 216 g/mol. The number of rotatable bonds is 3. The van der Waals surface area contributed by atoms with E-state index in [1.165, 1.54) is 0 Å². The molecule has 1 amide bonds. The van der Waals surface area contributed by atoms with Crippen molar-refractivity contribution >= 4 is 5.91 Å². The first-order valence-electron chi connectivity index (χ1n) is 5.74. The van der Waals surface area contributed by atoms with Gasteiger partial charge in [0.15, 0.2) is 0 Å². The SMILES string of the molecule is COc1ccc(CN2CCC(C)(N)C2=O)cc1. The molecule has 1 aliphatic rings. The van der Waals surface area contributed by atoms with Gasteiger partial charge in [-0.3, -0.25) is 4.79 Å². The highest BCUT2D eigenvalue weighted by Gasteiger charge is 2.38. The number of hydrogen-bond donors (Lipinski definition) is 1. The van der Waals surface area contributed by atoms with Crippen LogP contribution in [0.15, 0.2) is 24.3 Å². The Bertz CT molecular complexity index is 412. The standard InChI is InChI=1S/C13H18N2O2/c1-13(14)7-8-15(12(13)16)9-10-3-5-11(17-2)6-4-10/h3-6H,7-9,14H2,1-2H3. The third-order valence-corrected chi connectivity index (χ3v) is 3.21. The van der Waals surface area contributed by atoms with Gasteiger partial charge in [0.05, 0.1) is 12.6 Å². The first-order chi connectivity index (χ1) is 8.03. The van der Waals surface area contributed by atoms with E-state index in [0.29, 0.717) is 6.54 Å². The lowest BCUT2D eigenvalue weighted by atomic mass is 10.0. The Morgan fingerprint density at radius 2 is 2.06 bits per heavy atom. The van der Waals surface area contributed by atoms with Gasteiger partial charge in [0, 0.05) is 13.1 Å². The highest BCUT2D eigenvalue weighted by Crippen LogP contribution is 2.22. The zero-order valence-corrected chi connectivity index (χ0v) is 10.3. The molecule has 0 saturated carbocycles. The van der Waals surface area contributed by atoms with Crippen molar-refractivity contribution in [2.45, 2.75) is 25.4 Å². The van der Waals surface area contributed by atoms with Gasteiger partial charge in [0.1, 0.15) is 5.75 Å². The van der Waals surface area contributed by atoms with Crippen molar-refractivity contribution in [1.29, 1.82) is 0 Å². The zero-order chi connectivity index (χ0) is 12.5. The van der Waals surface area contributed by atoms with Gasteiger partial charge in [-0.1, -0.05) is 12.1 Å². The molecule has 0 bridgehead atoms. The van der Waals surface area contributed by atoms with Crippen LogP contribution in [0.4, 0.5) is 0 Å². The van der Waals surface area contributed by atoms with Crippen LogP contribution in [0.25, 0.3) is 0 Å². The maximum atomic E-state index is 11.9. The minimum absolute atomic E-state index is 0.0355. The maximum Gasteiger partial charge on any atom is 0.242 e. The first-order valence-corrected chi connectivity index (χ1v) is 5.74. The van der Waals surface area contributed by atoms with Crippen molar-refractivity contribution in [1.82, 2.24) is 4.90 Å². The van der Waals surface area contributed by atoms with E-state index >= 15 is 0 Å². The van der Waals surface area contributed by atoms with Gasteiger partial charge in [0.25, 0.3) is 0 Å². The van der Waals surface area contributed by atoms with Gasteiger partial charge in [-0.15, -0.1) is 0 Å². The van der Waals surface area contributed by atoms with E-state index in [4.69, 9.17) is 10.5 Å². The van der Waals surface area contributed by atoms with Crippen LogP contribution in [0.1, 0.15) is 18.9 Å².